The third-order valence-electron chi connectivity index (χ3n) is 1.73. The molecule has 0 atom stereocenters. The summed E-state index contributed by atoms with van der Waals surface area (Å²) >= 11 is 0. The van der Waals surface area contributed by atoms with Crippen molar-refractivity contribution in [3.8, 4) is 0 Å². The highest BCUT2D eigenvalue weighted by molar-refractivity contribution is 5.66. The number of aliphatic hydroxyl groups is 1. The van der Waals surface area contributed by atoms with E-state index in [1.54, 1.807) is 0 Å². The molecule has 0 heterocycles. The van der Waals surface area contributed by atoms with Crippen molar-refractivity contribution < 1.29 is 19.7 Å². The first-order chi connectivity index (χ1) is 6.31. The van der Waals surface area contributed by atoms with Crippen molar-refractivity contribution in [2.24, 2.45) is 0 Å². The Hall–Kier alpha value is -0.770. The van der Waals surface area contributed by atoms with E-state index >= 15 is 0 Å². The Morgan fingerprint density at radius 1 is 1.23 bits per heavy atom. The first-order valence-corrected chi connectivity index (χ1v) is 4.68. The number of hydrogen-bond donors (Lipinski definition) is 1. The van der Waals surface area contributed by atoms with Gasteiger partial charge < -0.3 is 15.1 Å². The molecule has 0 fully saturated rings. The molecule has 0 aliphatic heterocycles. The molecule has 13 heavy (non-hydrogen) atoms. The molecule has 1 N–H and O–H groups in total. The smallest absolute Gasteiger partial charge is 0.493 e. The molecule has 0 rings (SSSR count). The summed E-state index contributed by atoms with van der Waals surface area (Å²) in [5.41, 5.74) is 0. The van der Waals surface area contributed by atoms with E-state index in [-0.39, 0.29) is 12.6 Å². The minimum Gasteiger partial charge on any atom is -0.588 e. The van der Waals surface area contributed by atoms with E-state index in [2.05, 4.69) is 4.58 Å². The van der Waals surface area contributed by atoms with Crippen LogP contribution in [0.2, 0.25) is 0 Å². The summed E-state index contributed by atoms with van der Waals surface area (Å²) in [6.45, 7) is 2.30. The van der Waals surface area contributed by atoms with Crippen LogP contribution in [0.15, 0.2) is 0 Å². The summed E-state index contributed by atoms with van der Waals surface area (Å²) in [6, 6.07) is 0. The molecule has 0 radical (unpaired) electrons. The van der Waals surface area contributed by atoms with Gasteiger partial charge in [-0.25, -0.2) is 0 Å². The lowest BCUT2D eigenvalue weighted by molar-refractivity contribution is -1.05. The average molecular weight is 190 g/mol. The Morgan fingerprint density at radius 2 is 1.85 bits per heavy atom. The van der Waals surface area contributed by atoms with Crippen LogP contribution in [0.3, 0.4) is 0 Å². The second kappa shape index (κ2) is 9.32. The van der Waals surface area contributed by atoms with Gasteiger partial charge in [-0.05, 0) is 12.8 Å². The van der Waals surface area contributed by atoms with Gasteiger partial charge in [0.05, 0.1) is 6.92 Å². The lowest BCUT2D eigenvalue weighted by Crippen LogP contribution is -2.10. The van der Waals surface area contributed by atoms with Crippen LogP contribution < -0.4 is 5.26 Å². The van der Waals surface area contributed by atoms with Crippen LogP contribution in [-0.4, -0.2) is 24.3 Å². The van der Waals surface area contributed by atoms with Crippen LogP contribution in [0.1, 0.15) is 39.0 Å². The molecule has 4 heteroatoms. The van der Waals surface area contributed by atoms with E-state index in [0.717, 1.165) is 32.1 Å². The van der Waals surface area contributed by atoms with E-state index < -0.39 is 0 Å². The van der Waals surface area contributed by atoms with Crippen molar-refractivity contribution in [1.29, 1.82) is 0 Å². The molecule has 0 bridgehead atoms. The first kappa shape index (κ1) is 12.2. The fourth-order valence-electron chi connectivity index (χ4n) is 0.984. The highest BCUT2D eigenvalue weighted by Gasteiger charge is 2.02. The zero-order valence-corrected chi connectivity index (χ0v) is 8.12. The number of aliphatic hydroxyl groups excluding tert-OH is 1. The van der Waals surface area contributed by atoms with Gasteiger partial charge in [0, 0.05) is 13.0 Å². The van der Waals surface area contributed by atoms with Crippen molar-refractivity contribution in [2.45, 2.75) is 39.0 Å². The van der Waals surface area contributed by atoms with E-state index in [4.69, 9.17) is 9.84 Å². The Bertz CT molecular complexity index is 134. The zero-order chi connectivity index (χ0) is 9.94. The third kappa shape index (κ3) is 9.14. The summed E-state index contributed by atoms with van der Waals surface area (Å²) in [4.78, 5) is 0. The van der Waals surface area contributed by atoms with Crippen molar-refractivity contribution in [1.82, 2.24) is 0 Å². The maximum absolute atomic E-state index is 9.75. The van der Waals surface area contributed by atoms with Gasteiger partial charge in [0.1, 0.15) is 0 Å². The van der Waals surface area contributed by atoms with E-state index in [1.165, 1.54) is 6.92 Å². The molecule has 0 aliphatic rings. The summed E-state index contributed by atoms with van der Waals surface area (Å²) in [7, 11) is 0. The highest BCUT2D eigenvalue weighted by atomic mass is 17.1. The molecule has 0 amide bonds. The number of unbranched alkanes of at least 4 members (excludes halogenated alkanes) is 4. The van der Waals surface area contributed by atoms with Crippen LogP contribution in [0.4, 0.5) is 0 Å². The Labute approximate surface area is 78.8 Å². The minimum absolute atomic E-state index is 0.0790. The van der Waals surface area contributed by atoms with Crippen LogP contribution in [0.5, 0.6) is 0 Å². The van der Waals surface area contributed by atoms with Gasteiger partial charge in [0.15, 0.2) is 6.61 Å². The molecule has 0 unspecified atom stereocenters. The number of hydrogen-bond acceptors (Lipinski definition) is 3. The quantitative estimate of drug-likeness (QED) is 0.206. The fraction of sp³-hybridized carbons (Fsp3) is 0.889. The molecular formula is C9H18O4. The van der Waals surface area contributed by atoms with Gasteiger partial charge in [-0.15, -0.1) is 0 Å². The van der Waals surface area contributed by atoms with Gasteiger partial charge in [0.25, 0.3) is 0 Å². The lowest BCUT2D eigenvalue weighted by Gasteiger charge is -1.97. The fourth-order valence-corrected chi connectivity index (χ4v) is 0.984. The summed E-state index contributed by atoms with van der Waals surface area (Å²) in [6.07, 6.45) is 5.01. The van der Waals surface area contributed by atoms with E-state index in [0.29, 0.717) is 6.61 Å². The van der Waals surface area contributed by atoms with Crippen LogP contribution in [0.25, 0.3) is 0 Å². The Kier molecular flexibility index (Phi) is 8.77. The molecule has 78 valence electrons. The summed E-state index contributed by atoms with van der Waals surface area (Å²) in [5, 5.41) is 18.2. The van der Waals surface area contributed by atoms with Gasteiger partial charge >= 0.3 is 5.97 Å². The molecule has 0 saturated carbocycles. The highest BCUT2D eigenvalue weighted by Crippen LogP contribution is 2.02. The maximum Gasteiger partial charge on any atom is 0.493 e. The summed E-state index contributed by atoms with van der Waals surface area (Å²) in [5.74, 6) is 0.0790. The van der Waals surface area contributed by atoms with Gasteiger partial charge in [-0.3, -0.25) is 4.58 Å². The monoisotopic (exact) mass is 190 g/mol. The number of ether oxygens (including phenoxy) is 1. The van der Waals surface area contributed by atoms with Crippen molar-refractivity contribution >= 4 is 5.97 Å². The lowest BCUT2D eigenvalue weighted by atomic mass is 10.1. The van der Waals surface area contributed by atoms with Gasteiger partial charge in [-0.2, -0.15) is 0 Å². The van der Waals surface area contributed by atoms with Crippen LogP contribution >= 0.6 is 0 Å². The average Bonchev–Trinajstić information content (AvgIpc) is 2.16. The molecule has 0 aromatic carbocycles. The van der Waals surface area contributed by atoms with Crippen molar-refractivity contribution in [3.05, 3.63) is 0 Å². The molecule has 0 aromatic heterocycles. The molecular weight excluding hydrogens is 172 g/mol. The Balaban J connectivity index is 3.00. The predicted octanol–water partition coefficient (Wildman–Crippen LogP) is 0.303. The summed E-state index contributed by atoms with van der Waals surface area (Å²) < 4.78 is 8.54. The van der Waals surface area contributed by atoms with E-state index in [1.807, 2.05) is 0 Å². The Morgan fingerprint density at radius 3 is 2.46 bits per heavy atom. The topological polar surface area (TPSA) is 63.8 Å². The second-order valence-electron chi connectivity index (χ2n) is 2.91. The normalized spacial score (nSPS) is 11.7. The number of rotatable bonds is 7. The molecule has 4 nitrogen and oxygen atoms in total. The van der Waals surface area contributed by atoms with Gasteiger partial charge in [-0.1, -0.05) is 12.8 Å². The van der Waals surface area contributed by atoms with Crippen LogP contribution in [-0.2, 0) is 9.31 Å². The van der Waals surface area contributed by atoms with Crippen molar-refractivity contribution in [3.63, 3.8) is 0 Å². The molecule has 0 aromatic rings. The molecule has 0 spiro atoms. The molecule has 0 saturated heterocycles. The first-order valence-electron chi connectivity index (χ1n) is 4.68. The number of esters is 1. The molecule has 0 aliphatic carbocycles. The SMILES string of the molecule is CC(OCCCCCCCO)=[O+][O-]. The van der Waals surface area contributed by atoms with Crippen LogP contribution in [0, 0.1) is 0 Å². The third-order valence-corrected chi connectivity index (χ3v) is 1.73. The predicted molar refractivity (Wildman–Crippen MR) is 46.8 cm³/mol. The minimum atomic E-state index is 0.0790. The standard InChI is InChI=1S/C9H18O4/c1-9(13-11)12-8-6-4-2-3-5-7-10/h10H,2-8H2,1H3. The largest absolute Gasteiger partial charge is 0.588 e. The zero-order valence-electron chi connectivity index (χ0n) is 8.12. The van der Waals surface area contributed by atoms with Gasteiger partial charge in [0.2, 0.25) is 0 Å². The number of carbonyl (C=O) groups excluding carboxylic acids is 1. The van der Waals surface area contributed by atoms with Crippen molar-refractivity contribution in [2.75, 3.05) is 13.2 Å². The maximum atomic E-state index is 9.75. The van der Waals surface area contributed by atoms with E-state index in [9.17, 15) is 5.26 Å². The second-order valence-corrected chi connectivity index (χ2v) is 2.91.